The maximum absolute atomic E-state index is 6.23. The third-order valence-electron chi connectivity index (χ3n) is 5.41. The number of hydrogen-bond donors (Lipinski definition) is 1. The average Bonchev–Trinajstić information content (AvgIpc) is 2.84. The normalized spacial score (nSPS) is 28.5. The third-order valence-corrected chi connectivity index (χ3v) is 5.41. The van der Waals surface area contributed by atoms with Crippen LogP contribution in [0.2, 0.25) is 0 Å². The topological polar surface area (TPSA) is 29.3 Å². The molecule has 0 amide bonds. The molecule has 1 aliphatic rings. The molecule has 1 rings (SSSR count). The molecule has 0 radical (unpaired) electrons. The van der Waals surface area contributed by atoms with Gasteiger partial charge in [-0.3, -0.25) is 4.90 Å². The molecular formula is C16H34N2. The van der Waals surface area contributed by atoms with Gasteiger partial charge in [0.25, 0.3) is 0 Å². The summed E-state index contributed by atoms with van der Waals surface area (Å²) in [7, 11) is 0. The molecule has 0 aromatic heterocycles. The van der Waals surface area contributed by atoms with Crippen molar-refractivity contribution in [2.24, 2.45) is 17.6 Å². The molecule has 0 aliphatic heterocycles. The standard InChI is InChI=1S/C16H34N2/c1-5-14(6-2)12-18(8-4)16(13-17)11-9-10-15(16)7-3/h14-15H,5-13,17H2,1-4H3. The first-order valence-electron chi connectivity index (χ1n) is 8.13. The van der Waals surface area contributed by atoms with Crippen molar-refractivity contribution in [2.45, 2.75) is 71.8 Å². The Morgan fingerprint density at radius 2 is 1.89 bits per heavy atom. The first-order valence-corrected chi connectivity index (χ1v) is 8.13. The summed E-state index contributed by atoms with van der Waals surface area (Å²) in [5.74, 6) is 1.66. The molecule has 2 N–H and O–H groups in total. The summed E-state index contributed by atoms with van der Waals surface area (Å²) in [6.45, 7) is 12.5. The molecule has 108 valence electrons. The molecule has 2 unspecified atom stereocenters. The summed E-state index contributed by atoms with van der Waals surface area (Å²) >= 11 is 0. The molecule has 2 nitrogen and oxygen atoms in total. The Hall–Kier alpha value is -0.0800. The van der Waals surface area contributed by atoms with Crippen molar-refractivity contribution in [3.05, 3.63) is 0 Å². The van der Waals surface area contributed by atoms with Crippen LogP contribution in [0.15, 0.2) is 0 Å². The van der Waals surface area contributed by atoms with Gasteiger partial charge in [0.05, 0.1) is 0 Å². The zero-order chi connectivity index (χ0) is 13.6. The van der Waals surface area contributed by atoms with Crippen LogP contribution < -0.4 is 5.73 Å². The van der Waals surface area contributed by atoms with Crippen molar-refractivity contribution in [3.8, 4) is 0 Å². The van der Waals surface area contributed by atoms with Crippen LogP contribution in [0.4, 0.5) is 0 Å². The van der Waals surface area contributed by atoms with Gasteiger partial charge in [-0.1, -0.05) is 53.4 Å². The van der Waals surface area contributed by atoms with Crippen molar-refractivity contribution < 1.29 is 0 Å². The molecular weight excluding hydrogens is 220 g/mol. The lowest BCUT2D eigenvalue weighted by molar-refractivity contribution is 0.0443. The molecule has 0 spiro atoms. The lowest BCUT2D eigenvalue weighted by Gasteiger charge is -2.46. The van der Waals surface area contributed by atoms with Crippen LogP contribution in [0.25, 0.3) is 0 Å². The number of nitrogens with two attached hydrogens (primary N) is 1. The Bertz CT molecular complexity index is 225. The van der Waals surface area contributed by atoms with Gasteiger partial charge < -0.3 is 5.73 Å². The quantitative estimate of drug-likeness (QED) is 0.716. The van der Waals surface area contributed by atoms with Crippen LogP contribution in [0.3, 0.4) is 0 Å². The zero-order valence-corrected chi connectivity index (χ0v) is 13.0. The molecule has 0 saturated heterocycles. The fourth-order valence-corrected chi connectivity index (χ4v) is 4.01. The lowest BCUT2D eigenvalue weighted by Crippen LogP contribution is -2.57. The number of hydrogen-bond acceptors (Lipinski definition) is 2. The van der Waals surface area contributed by atoms with Gasteiger partial charge in [-0.2, -0.15) is 0 Å². The van der Waals surface area contributed by atoms with Gasteiger partial charge in [0.2, 0.25) is 0 Å². The van der Waals surface area contributed by atoms with Gasteiger partial charge in [-0.15, -0.1) is 0 Å². The Balaban J connectivity index is 2.82. The SMILES string of the molecule is CCC(CC)CN(CC)C1(CN)CCCC1CC. The van der Waals surface area contributed by atoms with E-state index in [-0.39, 0.29) is 0 Å². The number of likely N-dealkylation sites (N-methyl/N-ethyl adjacent to an activating group) is 1. The number of nitrogens with zero attached hydrogens (tertiary/aromatic N) is 1. The van der Waals surface area contributed by atoms with Crippen LogP contribution in [-0.4, -0.2) is 30.1 Å². The van der Waals surface area contributed by atoms with Crippen molar-refractivity contribution in [2.75, 3.05) is 19.6 Å². The van der Waals surface area contributed by atoms with E-state index in [9.17, 15) is 0 Å². The van der Waals surface area contributed by atoms with Crippen LogP contribution in [0.5, 0.6) is 0 Å². The van der Waals surface area contributed by atoms with Crippen molar-refractivity contribution in [1.29, 1.82) is 0 Å². The molecule has 1 fully saturated rings. The molecule has 0 bridgehead atoms. The highest BCUT2D eigenvalue weighted by atomic mass is 15.2. The summed E-state index contributed by atoms with van der Waals surface area (Å²) < 4.78 is 0. The minimum absolute atomic E-state index is 0.312. The molecule has 0 aromatic rings. The van der Waals surface area contributed by atoms with E-state index in [1.54, 1.807) is 0 Å². The minimum atomic E-state index is 0.312. The Morgan fingerprint density at radius 1 is 1.22 bits per heavy atom. The molecule has 1 aliphatic carbocycles. The van der Waals surface area contributed by atoms with Crippen molar-refractivity contribution in [1.82, 2.24) is 4.90 Å². The summed E-state index contributed by atoms with van der Waals surface area (Å²) in [4.78, 5) is 2.73. The van der Waals surface area contributed by atoms with E-state index in [1.807, 2.05) is 0 Å². The van der Waals surface area contributed by atoms with E-state index in [2.05, 4.69) is 32.6 Å². The van der Waals surface area contributed by atoms with Gasteiger partial charge >= 0.3 is 0 Å². The van der Waals surface area contributed by atoms with E-state index in [4.69, 9.17) is 5.73 Å². The summed E-state index contributed by atoms with van der Waals surface area (Å²) in [5.41, 5.74) is 6.54. The van der Waals surface area contributed by atoms with Gasteiger partial charge in [0.15, 0.2) is 0 Å². The average molecular weight is 254 g/mol. The smallest absolute Gasteiger partial charge is 0.0359 e. The molecule has 1 saturated carbocycles. The predicted molar refractivity (Wildman–Crippen MR) is 80.7 cm³/mol. The largest absolute Gasteiger partial charge is 0.329 e. The van der Waals surface area contributed by atoms with E-state index in [1.165, 1.54) is 45.1 Å². The second-order valence-electron chi connectivity index (χ2n) is 6.03. The van der Waals surface area contributed by atoms with E-state index >= 15 is 0 Å². The van der Waals surface area contributed by atoms with Crippen LogP contribution in [0, 0.1) is 11.8 Å². The maximum Gasteiger partial charge on any atom is 0.0359 e. The number of rotatable bonds is 8. The second-order valence-corrected chi connectivity index (χ2v) is 6.03. The molecule has 2 heteroatoms. The summed E-state index contributed by atoms with van der Waals surface area (Å²) in [5, 5.41) is 0. The van der Waals surface area contributed by atoms with Crippen molar-refractivity contribution >= 4 is 0 Å². The van der Waals surface area contributed by atoms with Crippen LogP contribution in [0.1, 0.15) is 66.2 Å². The minimum Gasteiger partial charge on any atom is -0.329 e. The third kappa shape index (κ3) is 3.08. The highest BCUT2D eigenvalue weighted by Crippen LogP contribution is 2.42. The van der Waals surface area contributed by atoms with E-state index < -0.39 is 0 Å². The predicted octanol–water partition coefficient (Wildman–Crippen LogP) is 3.65. The lowest BCUT2D eigenvalue weighted by atomic mass is 9.82. The van der Waals surface area contributed by atoms with Crippen molar-refractivity contribution in [3.63, 3.8) is 0 Å². The second kappa shape index (κ2) is 7.49. The van der Waals surface area contributed by atoms with Gasteiger partial charge in [-0.25, -0.2) is 0 Å². The molecule has 18 heavy (non-hydrogen) atoms. The first-order chi connectivity index (χ1) is 8.68. The molecule has 2 atom stereocenters. The fourth-order valence-electron chi connectivity index (χ4n) is 4.01. The summed E-state index contributed by atoms with van der Waals surface area (Å²) in [6.07, 6.45) is 7.95. The highest BCUT2D eigenvalue weighted by molar-refractivity contribution is 5.01. The maximum atomic E-state index is 6.23. The summed E-state index contributed by atoms with van der Waals surface area (Å²) in [6, 6.07) is 0. The van der Waals surface area contributed by atoms with Crippen LogP contribution >= 0.6 is 0 Å². The van der Waals surface area contributed by atoms with Gasteiger partial charge in [0.1, 0.15) is 0 Å². The fraction of sp³-hybridized carbons (Fsp3) is 1.00. The Labute approximate surface area is 114 Å². The zero-order valence-electron chi connectivity index (χ0n) is 13.0. The molecule has 0 aromatic carbocycles. The first kappa shape index (κ1) is 16.0. The Kier molecular flexibility index (Phi) is 6.65. The Morgan fingerprint density at radius 3 is 2.33 bits per heavy atom. The van der Waals surface area contributed by atoms with E-state index in [0.717, 1.165) is 24.9 Å². The van der Waals surface area contributed by atoms with Gasteiger partial charge in [0, 0.05) is 18.6 Å². The monoisotopic (exact) mass is 254 g/mol. The molecule has 0 heterocycles. The van der Waals surface area contributed by atoms with Crippen LogP contribution in [-0.2, 0) is 0 Å². The highest BCUT2D eigenvalue weighted by Gasteiger charge is 2.44. The van der Waals surface area contributed by atoms with Gasteiger partial charge in [-0.05, 0) is 31.2 Å². The van der Waals surface area contributed by atoms with E-state index in [0.29, 0.717) is 5.54 Å².